The van der Waals surface area contributed by atoms with Crippen molar-refractivity contribution in [1.29, 1.82) is 0 Å². The molecule has 0 aliphatic heterocycles. The van der Waals surface area contributed by atoms with Gasteiger partial charge in [-0.3, -0.25) is 9.59 Å². The van der Waals surface area contributed by atoms with E-state index in [-0.39, 0.29) is 18.4 Å². The summed E-state index contributed by atoms with van der Waals surface area (Å²) in [7, 11) is 0. The van der Waals surface area contributed by atoms with Crippen LogP contribution in [0.15, 0.2) is 54.6 Å². The van der Waals surface area contributed by atoms with Crippen LogP contribution in [0.4, 0.5) is 0 Å². The second-order valence-electron chi connectivity index (χ2n) is 5.95. The van der Waals surface area contributed by atoms with Gasteiger partial charge in [-0.15, -0.1) is 0 Å². The van der Waals surface area contributed by atoms with Crippen LogP contribution >= 0.6 is 0 Å². The number of nitrogens with zero attached hydrogens (tertiary/aromatic N) is 1. The third kappa shape index (κ3) is 5.45. The standard InChI is InChI=1S/C21H26N2O2/c1-3-5-15-23(4-2)20(24)16-22-21(25)19-13-11-18(12-14-19)17-9-7-6-8-10-17/h6-14H,3-5,15-16H2,1-2H3,(H,22,25). The maximum Gasteiger partial charge on any atom is 0.251 e. The molecule has 0 radical (unpaired) electrons. The molecule has 0 bridgehead atoms. The molecule has 0 atom stereocenters. The Balaban J connectivity index is 1.91. The van der Waals surface area contributed by atoms with Gasteiger partial charge in [-0.2, -0.15) is 0 Å². The summed E-state index contributed by atoms with van der Waals surface area (Å²) in [6, 6.07) is 17.4. The van der Waals surface area contributed by atoms with Gasteiger partial charge in [-0.05, 0) is 36.6 Å². The number of amides is 2. The summed E-state index contributed by atoms with van der Waals surface area (Å²) < 4.78 is 0. The molecule has 0 aromatic heterocycles. The zero-order chi connectivity index (χ0) is 18.1. The fraction of sp³-hybridized carbons (Fsp3) is 0.333. The average Bonchev–Trinajstić information content (AvgIpc) is 2.67. The molecule has 25 heavy (non-hydrogen) atoms. The van der Waals surface area contributed by atoms with Crippen LogP contribution < -0.4 is 5.32 Å². The van der Waals surface area contributed by atoms with Crippen molar-refractivity contribution in [2.24, 2.45) is 0 Å². The molecule has 0 aliphatic carbocycles. The van der Waals surface area contributed by atoms with Crippen LogP contribution in [0.5, 0.6) is 0 Å². The number of hydrogen-bond acceptors (Lipinski definition) is 2. The minimum absolute atomic E-state index is 0.0368. The first kappa shape index (κ1) is 18.7. The van der Waals surface area contributed by atoms with Crippen molar-refractivity contribution in [1.82, 2.24) is 10.2 Å². The van der Waals surface area contributed by atoms with E-state index >= 15 is 0 Å². The molecule has 0 saturated heterocycles. The molecule has 0 spiro atoms. The number of hydrogen-bond donors (Lipinski definition) is 1. The lowest BCUT2D eigenvalue weighted by atomic mass is 10.0. The first-order valence-corrected chi connectivity index (χ1v) is 8.87. The molecule has 0 unspecified atom stereocenters. The third-order valence-electron chi connectivity index (χ3n) is 4.17. The largest absolute Gasteiger partial charge is 0.343 e. The highest BCUT2D eigenvalue weighted by Gasteiger charge is 2.13. The highest BCUT2D eigenvalue weighted by molar-refractivity contribution is 5.96. The lowest BCUT2D eigenvalue weighted by Crippen LogP contribution is -2.40. The van der Waals surface area contributed by atoms with Gasteiger partial charge in [0.1, 0.15) is 0 Å². The van der Waals surface area contributed by atoms with Gasteiger partial charge in [-0.25, -0.2) is 0 Å². The lowest BCUT2D eigenvalue weighted by molar-refractivity contribution is -0.130. The fourth-order valence-electron chi connectivity index (χ4n) is 2.62. The van der Waals surface area contributed by atoms with E-state index in [9.17, 15) is 9.59 Å². The second-order valence-corrected chi connectivity index (χ2v) is 5.95. The van der Waals surface area contributed by atoms with Gasteiger partial charge in [-0.1, -0.05) is 55.8 Å². The summed E-state index contributed by atoms with van der Waals surface area (Å²) in [5.41, 5.74) is 2.73. The Hall–Kier alpha value is -2.62. The Morgan fingerprint density at radius 2 is 1.56 bits per heavy atom. The Morgan fingerprint density at radius 3 is 2.16 bits per heavy atom. The van der Waals surface area contributed by atoms with Crippen molar-refractivity contribution in [2.75, 3.05) is 19.6 Å². The summed E-state index contributed by atoms with van der Waals surface area (Å²) in [6.07, 6.45) is 2.03. The first-order chi connectivity index (χ1) is 12.2. The van der Waals surface area contributed by atoms with E-state index in [1.807, 2.05) is 49.4 Å². The molecule has 2 aromatic carbocycles. The van der Waals surface area contributed by atoms with Crippen molar-refractivity contribution in [3.8, 4) is 11.1 Å². The smallest absolute Gasteiger partial charge is 0.251 e. The normalized spacial score (nSPS) is 10.3. The number of unbranched alkanes of at least 4 members (excludes halogenated alkanes) is 1. The predicted molar refractivity (Wildman–Crippen MR) is 101 cm³/mol. The lowest BCUT2D eigenvalue weighted by Gasteiger charge is -2.20. The number of benzene rings is 2. The van der Waals surface area contributed by atoms with E-state index in [0.29, 0.717) is 12.1 Å². The van der Waals surface area contributed by atoms with Gasteiger partial charge in [0.05, 0.1) is 6.54 Å². The molecule has 2 amide bonds. The molecule has 4 nitrogen and oxygen atoms in total. The van der Waals surface area contributed by atoms with E-state index in [0.717, 1.165) is 30.5 Å². The molecular formula is C21H26N2O2. The molecule has 1 N–H and O–H groups in total. The van der Waals surface area contributed by atoms with Gasteiger partial charge >= 0.3 is 0 Å². The maximum absolute atomic E-state index is 12.2. The SMILES string of the molecule is CCCCN(CC)C(=O)CNC(=O)c1ccc(-c2ccccc2)cc1. The van der Waals surface area contributed by atoms with Gasteiger partial charge in [0, 0.05) is 18.7 Å². The quantitative estimate of drug-likeness (QED) is 0.797. The van der Waals surface area contributed by atoms with Crippen molar-refractivity contribution >= 4 is 11.8 Å². The van der Waals surface area contributed by atoms with Crippen LogP contribution in [0, 0.1) is 0 Å². The summed E-state index contributed by atoms with van der Waals surface area (Å²) >= 11 is 0. The van der Waals surface area contributed by atoms with Crippen molar-refractivity contribution in [3.05, 3.63) is 60.2 Å². The van der Waals surface area contributed by atoms with Crippen molar-refractivity contribution < 1.29 is 9.59 Å². The molecule has 2 rings (SSSR count). The van der Waals surface area contributed by atoms with E-state index in [4.69, 9.17) is 0 Å². The molecule has 132 valence electrons. The number of nitrogens with one attached hydrogen (secondary N) is 1. The number of rotatable bonds is 8. The summed E-state index contributed by atoms with van der Waals surface area (Å²) in [5.74, 6) is -0.260. The fourth-order valence-corrected chi connectivity index (χ4v) is 2.62. The van der Waals surface area contributed by atoms with E-state index in [1.54, 1.807) is 17.0 Å². The highest BCUT2D eigenvalue weighted by Crippen LogP contribution is 2.19. The molecule has 0 fully saturated rings. The van der Waals surface area contributed by atoms with Crippen LogP contribution in [0.25, 0.3) is 11.1 Å². The van der Waals surface area contributed by atoms with Crippen molar-refractivity contribution in [2.45, 2.75) is 26.7 Å². The monoisotopic (exact) mass is 338 g/mol. The number of carbonyl (C=O) groups excluding carboxylic acids is 2. The summed E-state index contributed by atoms with van der Waals surface area (Å²) in [6.45, 7) is 5.50. The Morgan fingerprint density at radius 1 is 0.920 bits per heavy atom. The average molecular weight is 338 g/mol. The number of carbonyl (C=O) groups is 2. The van der Waals surface area contributed by atoms with Crippen LogP contribution in [-0.4, -0.2) is 36.3 Å². The Labute approximate surface area is 149 Å². The zero-order valence-corrected chi connectivity index (χ0v) is 15.0. The Kier molecular flexibility index (Phi) is 7.20. The minimum Gasteiger partial charge on any atom is -0.343 e. The predicted octanol–water partition coefficient (Wildman–Crippen LogP) is 3.73. The van der Waals surface area contributed by atoms with Gasteiger partial charge in [0.2, 0.25) is 5.91 Å². The molecule has 4 heteroatoms. The van der Waals surface area contributed by atoms with Crippen LogP contribution in [-0.2, 0) is 4.79 Å². The number of likely N-dealkylation sites (N-methyl/N-ethyl adjacent to an activating group) is 1. The zero-order valence-electron chi connectivity index (χ0n) is 15.0. The van der Waals surface area contributed by atoms with E-state index < -0.39 is 0 Å². The highest BCUT2D eigenvalue weighted by atomic mass is 16.2. The second kappa shape index (κ2) is 9.62. The maximum atomic E-state index is 12.2. The molecule has 0 saturated carbocycles. The summed E-state index contributed by atoms with van der Waals surface area (Å²) in [5, 5.41) is 2.72. The molecule has 0 heterocycles. The van der Waals surface area contributed by atoms with Gasteiger partial charge in [0.15, 0.2) is 0 Å². The third-order valence-corrected chi connectivity index (χ3v) is 4.17. The topological polar surface area (TPSA) is 49.4 Å². The molecule has 2 aromatic rings. The van der Waals surface area contributed by atoms with Gasteiger partial charge in [0.25, 0.3) is 5.91 Å². The van der Waals surface area contributed by atoms with Crippen LogP contribution in [0.2, 0.25) is 0 Å². The van der Waals surface area contributed by atoms with Crippen LogP contribution in [0.1, 0.15) is 37.0 Å². The summed E-state index contributed by atoms with van der Waals surface area (Å²) in [4.78, 5) is 26.2. The van der Waals surface area contributed by atoms with E-state index in [2.05, 4.69) is 12.2 Å². The van der Waals surface area contributed by atoms with Gasteiger partial charge < -0.3 is 10.2 Å². The Bertz CT molecular complexity index is 681. The van der Waals surface area contributed by atoms with E-state index in [1.165, 1.54) is 0 Å². The van der Waals surface area contributed by atoms with Crippen molar-refractivity contribution in [3.63, 3.8) is 0 Å². The van der Waals surface area contributed by atoms with Crippen LogP contribution in [0.3, 0.4) is 0 Å². The minimum atomic E-state index is -0.223. The molecule has 0 aliphatic rings. The first-order valence-electron chi connectivity index (χ1n) is 8.87. The molecular weight excluding hydrogens is 312 g/mol.